The first-order chi connectivity index (χ1) is 13.4. The van der Waals surface area contributed by atoms with Crippen LogP contribution in [0.1, 0.15) is 142 Å². The van der Waals surface area contributed by atoms with Crippen LogP contribution in [0.3, 0.4) is 0 Å². The van der Waals surface area contributed by atoms with E-state index in [1.165, 1.54) is 89.9 Å². The molecule has 0 atom stereocenters. The Morgan fingerprint density at radius 3 is 0.893 bits per heavy atom. The Hall–Kier alpha value is 0.0700. The second-order valence-electron chi connectivity index (χ2n) is 8.96. The number of unbranched alkanes of at least 4 members (excludes halogenated alkanes) is 18. The zero-order valence-electron chi connectivity index (χ0n) is 19.3. The normalized spacial score (nSPS) is 13.5. The fraction of sp³-hybridized carbons (Fsp3) is 1.00. The summed E-state index contributed by atoms with van der Waals surface area (Å²) in [5.74, 6) is 0.149. The molecular formula is C24H52O3S. The molecule has 0 fully saturated rings. The van der Waals surface area contributed by atoms with E-state index >= 15 is 0 Å². The summed E-state index contributed by atoms with van der Waals surface area (Å²) in [6.07, 6.45) is 23.8. The molecule has 0 saturated carbocycles. The molecule has 0 aliphatic heterocycles. The second-order valence-corrected chi connectivity index (χ2v) is 12.1. The first kappa shape index (κ1) is 28.1. The molecule has 0 spiro atoms. The van der Waals surface area contributed by atoms with Gasteiger partial charge in [0, 0.05) is 11.5 Å². The third-order valence-corrected chi connectivity index (χ3v) is 8.03. The molecule has 172 valence electrons. The van der Waals surface area contributed by atoms with Crippen LogP contribution in [0.5, 0.6) is 0 Å². The van der Waals surface area contributed by atoms with Gasteiger partial charge in [0.05, 0.1) is 9.63 Å². The first-order valence-electron chi connectivity index (χ1n) is 12.5. The van der Waals surface area contributed by atoms with E-state index in [0.717, 1.165) is 25.7 Å². The van der Waals surface area contributed by atoms with Gasteiger partial charge < -0.3 is 9.11 Å². The lowest BCUT2D eigenvalue weighted by Crippen LogP contribution is -2.38. The summed E-state index contributed by atoms with van der Waals surface area (Å²) in [4.78, 5) is 0. The third-order valence-electron chi connectivity index (χ3n) is 5.82. The maximum absolute atomic E-state index is 12.4. The molecular weight excluding hydrogens is 368 g/mol. The van der Waals surface area contributed by atoms with Gasteiger partial charge >= 0.3 is 0 Å². The molecule has 0 aliphatic rings. The van der Waals surface area contributed by atoms with Crippen molar-refractivity contribution in [1.82, 2.24) is 0 Å². The summed E-state index contributed by atoms with van der Waals surface area (Å²) in [6.45, 7) is 4.48. The molecule has 0 aromatic rings. The summed E-state index contributed by atoms with van der Waals surface area (Å²) < 4.78 is 32.6. The molecule has 0 rings (SSSR count). The quantitative estimate of drug-likeness (QED) is 0.172. The highest BCUT2D eigenvalue weighted by Gasteiger charge is 2.28. The standard InChI is InChI=1S/C24H52O3S/c1-3-5-7-9-11-13-15-17-19-21-23-28(25,26,27)24-22-20-18-16-14-12-10-8-6-4-2/h3-24H2,1-2H3,(H2,25,26,27). The molecule has 0 bridgehead atoms. The van der Waals surface area contributed by atoms with Crippen LogP contribution < -0.4 is 0 Å². The van der Waals surface area contributed by atoms with Crippen LogP contribution in [0.2, 0.25) is 0 Å². The fourth-order valence-electron chi connectivity index (χ4n) is 3.86. The van der Waals surface area contributed by atoms with Gasteiger partial charge in [-0.1, -0.05) is 129 Å². The van der Waals surface area contributed by atoms with Gasteiger partial charge in [-0.05, 0) is 12.8 Å². The summed E-state index contributed by atoms with van der Waals surface area (Å²) in [5, 5.41) is 0. The van der Waals surface area contributed by atoms with E-state index in [2.05, 4.69) is 13.8 Å². The average molecular weight is 421 g/mol. The van der Waals surface area contributed by atoms with E-state index in [1.807, 2.05) is 0 Å². The van der Waals surface area contributed by atoms with Crippen LogP contribution >= 0.6 is 0 Å². The molecule has 0 amide bonds. The van der Waals surface area contributed by atoms with Gasteiger partial charge in [-0.2, -0.15) is 0 Å². The van der Waals surface area contributed by atoms with E-state index in [0.29, 0.717) is 12.8 Å². The van der Waals surface area contributed by atoms with Crippen LogP contribution in [-0.2, 0) is 9.63 Å². The van der Waals surface area contributed by atoms with Gasteiger partial charge in [0.15, 0.2) is 0 Å². The van der Waals surface area contributed by atoms with Crippen molar-refractivity contribution in [2.75, 3.05) is 11.5 Å². The smallest absolute Gasteiger partial charge is 0.0826 e. The van der Waals surface area contributed by atoms with E-state index in [9.17, 15) is 13.3 Å². The molecule has 4 heteroatoms. The highest BCUT2D eigenvalue weighted by atomic mass is 32.3. The lowest BCUT2D eigenvalue weighted by Gasteiger charge is -2.30. The van der Waals surface area contributed by atoms with E-state index in [1.54, 1.807) is 0 Å². The van der Waals surface area contributed by atoms with Crippen molar-refractivity contribution in [3.63, 3.8) is 0 Å². The molecule has 0 radical (unpaired) electrons. The fourth-order valence-corrected chi connectivity index (χ4v) is 5.63. The Labute approximate surface area is 176 Å². The van der Waals surface area contributed by atoms with Gasteiger partial charge in [0.2, 0.25) is 0 Å². The van der Waals surface area contributed by atoms with Gasteiger partial charge in [0.1, 0.15) is 0 Å². The molecule has 28 heavy (non-hydrogen) atoms. The zero-order valence-corrected chi connectivity index (χ0v) is 20.1. The lowest BCUT2D eigenvalue weighted by molar-refractivity contribution is 0.384. The third kappa shape index (κ3) is 20.8. The topological polar surface area (TPSA) is 57.5 Å². The lowest BCUT2D eigenvalue weighted by atomic mass is 10.1. The molecule has 3 nitrogen and oxygen atoms in total. The first-order valence-corrected chi connectivity index (χ1v) is 14.7. The molecule has 0 unspecified atom stereocenters. The predicted molar refractivity (Wildman–Crippen MR) is 127 cm³/mol. The number of hydrogen-bond acceptors (Lipinski definition) is 1. The predicted octanol–water partition coefficient (Wildman–Crippen LogP) is 8.59. The van der Waals surface area contributed by atoms with Crippen LogP contribution in [0.4, 0.5) is 0 Å². The van der Waals surface area contributed by atoms with Crippen LogP contribution in [0.25, 0.3) is 0 Å². The van der Waals surface area contributed by atoms with E-state index < -0.39 is 9.63 Å². The summed E-state index contributed by atoms with van der Waals surface area (Å²) in [5.41, 5.74) is 0. The van der Waals surface area contributed by atoms with Crippen molar-refractivity contribution in [1.29, 1.82) is 0 Å². The van der Waals surface area contributed by atoms with Crippen molar-refractivity contribution in [2.24, 2.45) is 0 Å². The Balaban J connectivity index is 3.52. The van der Waals surface area contributed by atoms with Crippen molar-refractivity contribution >= 4 is 9.63 Å². The number of hydrogen-bond donors (Lipinski definition) is 2. The van der Waals surface area contributed by atoms with Crippen molar-refractivity contribution in [3.05, 3.63) is 0 Å². The molecule has 0 aromatic heterocycles. The maximum Gasteiger partial charge on any atom is 0.0826 e. The Morgan fingerprint density at radius 1 is 0.429 bits per heavy atom. The largest absolute Gasteiger partial charge is 0.308 e. The van der Waals surface area contributed by atoms with Gasteiger partial charge in [-0.15, -0.1) is 0 Å². The Kier molecular flexibility index (Phi) is 17.9. The second kappa shape index (κ2) is 17.9. The van der Waals surface area contributed by atoms with Crippen LogP contribution in [0, 0.1) is 0 Å². The van der Waals surface area contributed by atoms with Crippen molar-refractivity contribution in [2.45, 2.75) is 142 Å². The Bertz CT molecular complexity index is 359. The van der Waals surface area contributed by atoms with Crippen molar-refractivity contribution < 1.29 is 13.3 Å². The van der Waals surface area contributed by atoms with E-state index in [-0.39, 0.29) is 11.5 Å². The van der Waals surface area contributed by atoms with Gasteiger partial charge in [-0.3, -0.25) is 0 Å². The average Bonchev–Trinajstić information content (AvgIpc) is 2.64. The van der Waals surface area contributed by atoms with E-state index in [4.69, 9.17) is 0 Å². The maximum atomic E-state index is 12.4. The Morgan fingerprint density at radius 2 is 0.643 bits per heavy atom. The summed E-state index contributed by atoms with van der Waals surface area (Å²) >= 11 is 0. The molecule has 2 N–H and O–H groups in total. The highest BCUT2D eigenvalue weighted by molar-refractivity contribution is 8.10. The van der Waals surface area contributed by atoms with Gasteiger partial charge in [0.25, 0.3) is 0 Å². The molecule has 0 aromatic carbocycles. The summed E-state index contributed by atoms with van der Waals surface area (Å²) in [7, 11) is -4.35. The SMILES string of the molecule is CCCCCCCCCCCCS(=O)(O)(O)CCCCCCCCCCCC. The van der Waals surface area contributed by atoms with Crippen molar-refractivity contribution in [3.8, 4) is 0 Å². The highest BCUT2D eigenvalue weighted by Crippen LogP contribution is 2.22. The van der Waals surface area contributed by atoms with Gasteiger partial charge in [-0.25, -0.2) is 4.21 Å². The molecule has 0 aliphatic carbocycles. The minimum absolute atomic E-state index is 0.0745. The minimum atomic E-state index is -4.35. The zero-order chi connectivity index (χ0) is 21.0. The monoisotopic (exact) mass is 420 g/mol. The van der Waals surface area contributed by atoms with Crippen LogP contribution in [-0.4, -0.2) is 24.8 Å². The number of rotatable bonds is 22. The minimum Gasteiger partial charge on any atom is -0.308 e. The molecule has 0 heterocycles. The summed E-state index contributed by atoms with van der Waals surface area (Å²) in [6, 6.07) is 0. The van der Waals surface area contributed by atoms with Crippen LogP contribution in [0.15, 0.2) is 0 Å². The molecule has 0 saturated heterocycles.